The minimum absolute atomic E-state index is 0.191. The zero-order chi connectivity index (χ0) is 23.8. The molecule has 1 aliphatic heterocycles. The van der Waals surface area contributed by atoms with Crippen LogP contribution < -0.4 is 14.8 Å². The van der Waals surface area contributed by atoms with Gasteiger partial charge in [-0.25, -0.2) is 9.37 Å². The average molecular weight is 500 g/mol. The Morgan fingerprint density at radius 3 is 2.56 bits per heavy atom. The van der Waals surface area contributed by atoms with Crippen LogP contribution in [0, 0.1) is 5.82 Å². The lowest BCUT2D eigenvalue weighted by atomic mass is 10.1. The fourth-order valence-corrected chi connectivity index (χ4v) is 4.30. The maximum absolute atomic E-state index is 13.4. The van der Waals surface area contributed by atoms with E-state index in [4.69, 9.17) is 37.7 Å². The number of aromatic nitrogens is 2. The molecule has 9 heteroatoms. The summed E-state index contributed by atoms with van der Waals surface area (Å²) in [6, 6.07) is 14.6. The van der Waals surface area contributed by atoms with Crippen molar-refractivity contribution in [2.45, 2.75) is 25.9 Å². The minimum Gasteiger partial charge on any atom is -0.454 e. The molecule has 0 aliphatic carbocycles. The highest BCUT2D eigenvalue weighted by molar-refractivity contribution is 6.42. The van der Waals surface area contributed by atoms with Gasteiger partial charge in [-0.05, 0) is 54.4 Å². The summed E-state index contributed by atoms with van der Waals surface area (Å²) in [4.78, 5) is 17.9. The van der Waals surface area contributed by atoms with E-state index in [2.05, 4.69) is 5.32 Å². The second-order valence-electron chi connectivity index (χ2n) is 8.04. The standard InChI is InChI=1S/C25H20Cl2FN3O3/c1-14(25(32)29-12-16-4-7-22-23(8-16)34-13-33-22)31-21-11-19(27)18(26)10-20(21)30-24(31)9-15-2-5-17(28)6-3-15/h2-8,10-11,14H,9,12-13H2,1H3,(H,29,32)/t14-/m1/s1. The van der Waals surface area contributed by atoms with Crippen molar-refractivity contribution in [3.63, 3.8) is 0 Å². The van der Waals surface area contributed by atoms with Crippen molar-refractivity contribution in [3.05, 3.63) is 87.4 Å². The summed E-state index contributed by atoms with van der Waals surface area (Å²) in [7, 11) is 0. The second kappa shape index (κ2) is 9.16. The van der Waals surface area contributed by atoms with Crippen LogP contribution in [0.5, 0.6) is 11.5 Å². The number of hydrogen-bond acceptors (Lipinski definition) is 4. The highest BCUT2D eigenvalue weighted by Crippen LogP contribution is 2.33. The molecule has 1 amide bonds. The van der Waals surface area contributed by atoms with Crippen molar-refractivity contribution in [1.82, 2.24) is 14.9 Å². The number of benzene rings is 3. The van der Waals surface area contributed by atoms with Gasteiger partial charge in [0, 0.05) is 13.0 Å². The third-order valence-electron chi connectivity index (χ3n) is 5.75. The number of hydrogen-bond donors (Lipinski definition) is 1. The van der Waals surface area contributed by atoms with Gasteiger partial charge >= 0.3 is 0 Å². The van der Waals surface area contributed by atoms with Gasteiger partial charge in [-0.1, -0.05) is 41.4 Å². The van der Waals surface area contributed by atoms with Crippen molar-refractivity contribution in [2.75, 3.05) is 6.79 Å². The smallest absolute Gasteiger partial charge is 0.243 e. The van der Waals surface area contributed by atoms with Gasteiger partial charge in [0.25, 0.3) is 0 Å². The van der Waals surface area contributed by atoms with E-state index in [1.165, 1.54) is 12.1 Å². The molecule has 0 spiro atoms. The van der Waals surface area contributed by atoms with Gasteiger partial charge in [0.05, 0.1) is 21.1 Å². The Hall–Kier alpha value is -3.29. The van der Waals surface area contributed by atoms with Crippen molar-refractivity contribution in [2.24, 2.45) is 0 Å². The quantitative estimate of drug-likeness (QED) is 0.370. The summed E-state index contributed by atoms with van der Waals surface area (Å²) in [6.07, 6.45) is 0.407. The number of halogens is 3. The summed E-state index contributed by atoms with van der Waals surface area (Å²) in [5.41, 5.74) is 3.07. The molecule has 34 heavy (non-hydrogen) atoms. The van der Waals surface area contributed by atoms with Crippen LogP contribution in [-0.2, 0) is 17.8 Å². The summed E-state index contributed by atoms with van der Waals surface area (Å²) in [6.45, 7) is 2.32. The molecule has 2 heterocycles. The molecule has 0 fully saturated rings. The Balaban J connectivity index is 1.43. The van der Waals surface area contributed by atoms with E-state index < -0.39 is 6.04 Å². The lowest BCUT2D eigenvalue weighted by molar-refractivity contribution is -0.124. The lowest BCUT2D eigenvalue weighted by Gasteiger charge is -2.18. The largest absolute Gasteiger partial charge is 0.454 e. The van der Waals surface area contributed by atoms with E-state index in [1.54, 1.807) is 31.2 Å². The van der Waals surface area contributed by atoms with Crippen LogP contribution in [0.4, 0.5) is 4.39 Å². The predicted octanol–water partition coefficient (Wildman–Crippen LogP) is 5.68. The van der Waals surface area contributed by atoms with Crippen molar-refractivity contribution < 1.29 is 18.7 Å². The van der Waals surface area contributed by atoms with E-state index >= 15 is 0 Å². The normalized spacial score (nSPS) is 13.3. The van der Waals surface area contributed by atoms with Crippen molar-refractivity contribution in [1.29, 1.82) is 0 Å². The molecule has 1 aliphatic rings. The first-order valence-corrected chi connectivity index (χ1v) is 11.4. The molecule has 1 aromatic heterocycles. The fourth-order valence-electron chi connectivity index (χ4n) is 3.99. The number of rotatable bonds is 6. The molecule has 1 atom stereocenters. The van der Waals surface area contributed by atoms with Gasteiger partial charge in [0.15, 0.2) is 11.5 Å². The van der Waals surface area contributed by atoms with E-state index in [1.807, 2.05) is 22.8 Å². The maximum atomic E-state index is 13.4. The van der Waals surface area contributed by atoms with Crippen LogP contribution >= 0.6 is 23.2 Å². The van der Waals surface area contributed by atoms with E-state index in [9.17, 15) is 9.18 Å². The molecule has 0 saturated carbocycles. The highest BCUT2D eigenvalue weighted by Gasteiger charge is 2.23. The number of fused-ring (bicyclic) bond motifs is 2. The summed E-state index contributed by atoms with van der Waals surface area (Å²) in [5, 5.41) is 3.73. The number of nitrogens with zero attached hydrogens (tertiary/aromatic N) is 2. The summed E-state index contributed by atoms with van der Waals surface area (Å²) >= 11 is 12.5. The molecule has 1 N–H and O–H groups in total. The molecule has 0 radical (unpaired) electrons. The van der Waals surface area contributed by atoms with Crippen LogP contribution in [0.1, 0.15) is 29.9 Å². The van der Waals surface area contributed by atoms with Crippen LogP contribution in [0.2, 0.25) is 10.0 Å². The van der Waals surface area contributed by atoms with Gasteiger partial charge in [0.1, 0.15) is 17.7 Å². The van der Waals surface area contributed by atoms with Gasteiger partial charge in [-0.3, -0.25) is 4.79 Å². The second-order valence-corrected chi connectivity index (χ2v) is 8.85. The molecular weight excluding hydrogens is 480 g/mol. The number of carbonyl (C=O) groups is 1. The maximum Gasteiger partial charge on any atom is 0.243 e. The van der Waals surface area contributed by atoms with Gasteiger partial charge in [0.2, 0.25) is 12.7 Å². The monoisotopic (exact) mass is 499 g/mol. The zero-order valence-corrected chi connectivity index (χ0v) is 19.7. The first-order valence-electron chi connectivity index (χ1n) is 10.7. The number of ether oxygens (including phenoxy) is 2. The number of nitrogens with one attached hydrogen (secondary N) is 1. The molecule has 6 nitrogen and oxygen atoms in total. The SMILES string of the molecule is C[C@H](C(=O)NCc1ccc2c(c1)OCO2)n1c(Cc2ccc(F)cc2)nc2cc(Cl)c(Cl)cc21. The number of amides is 1. The van der Waals surface area contributed by atoms with E-state index in [0.29, 0.717) is 51.4 Å². The summed E-state index contributed by atoms with van der Waals surface area (Å²) in [5.74, 6) is 1.49. The Kier molecular flexibility index (Phi) is 6.06. The predicted molar refractivity (Wildman–Crippen MR) is 128 cm³/mol. The first-order chi connectivity index (χ1) is 16.4. The third kappa shape index (κ3) is 4.41. The van der Waals surface area contributed by atoms with E-state index in [-0.39, 0.29) is 18.5 Å². The van der Waals surface area contributed by atoms with Gasteiger partial charge in [-0.15, -0.1) is 0 Å². The van der Waals surface area contributed by atoms with Crippen LogP contribution in [0.15, 0.2) is 54.6 Å². The van der Waals surface area contributed by atoms with Crippen LogP contribution in [-0.4, -0.2) is 22.3 Å². The molecule has 174 valence electrons. The van der Waals surface area contributed by atoms with E-state index in [0.717, 1.165) is 11.1 Å². The third-order valence-corrected chi connectivity index (χ3v) is 6.47. The van der Waals surface area contributed by atoms with Crippen LogP contribution in [0.3, 0.4) is 0 Å². The molecule has 4 aromatic rings. The minimum atomic E-state index is -0.591. The van der Waals surface area contributed by atoms with Gasteiger partial charge < -0.3 is 19.4 Å². The Bertz CT molecular complexity index is 1390. The van der Waals surface area contributed by atoms with Gasteiger partial charge in [-0.2, -0.15) is 0 Å². The number of carbonyl (C=O) groups excluding carboxylic acids is 1. The van der Waals surface area contributed by atoms with Crippen LogP contribution in [0.25, 0.3) is 11.0 Å². The summed E-state index contributed by atoms with van der Waals surface area (Å²) < 4.78 is 26.0. The molecule has 3 aromatic carbocycles. The highest BCUT2D eigenvalue weighted by atomic mass is 35.5. The molecule has 0 bridgehead atoms. The first kappa shape index (κ1) is 22.5. The number of imidazole rings is 1. The Labute approximate surface area is 205 Å². The fraction of sp³-hybridized carbons (Fsp3) is 0.200. The molecule has 5 rings (SSSR count). The molecular formula is C25H20Cl2FN3O3. The average Bonchev–Trinajstić information content (AvgIpc) is 3.42. The topological polar surface area (TPSA) is 65.4 Å². The zero-order valence-electron chi connectivity index (χ0n) is 18.1. The van der Waals surface area contributed by atoms with Crippen molar-refractivity contribution >= 4 is 40.1 Å². The lowest BCUT2D eigenvalue weighted by Crippen LogP contribution is -2.31. The Morgan fingerprint density at radius 1 is 1.06 bits per heavy atom. The molecule has 0 saturated heterocycles. The van der Waals surface area contributed by atoms with Crippen molar-refractivity contribution in [3.8, 4) is 11.5 Å². The molecule has 0 unspecified atom stereocenters. The Morgan fingerprint density at radius 2 is 1.76 bits per heavy atom.